The first kappa shape index (κ1) is 14.9. The molecule has 0 saturated heterocycles. The molecule has 4 heteroatoms. The van der Waals surface area contributed by atoms with Crippen LogP contribution in [-0.2, 0) is 0 Å². The molecule has 1 aromatic carbocycles. The third-order valence-electron chi connectivity index (χ3n) is 3.38. The van der Waals surface area contributed by atoms with Gasteiger partial charge in [-0.15, -0.1) is 0 Å². The average molecular weight is 292 g/mol. The Kier molecular flexibility index (Phi) is 5.46. The van der Waals surface area contributed by atoms with E-state index in [0.29, 0.717) is 28.6 Å². The minimum atomic E-state index is -0.0753. The monoisotopic (exact) mass is 291 g/mol. The van der Waals surface area contributed by atoms with Crippen LogP contribution in [0.5, 0.6) is 0 Å². The van der Waals surface area contributed by atoms with Crippen molar-refractivity contribution in [2.75, 3.05) is 6.61 Å². The van der Waals surface area contributed by atoms with E-state index in [2.05, 4.69) is 17.2 Å². The molecule has 0 heterocycles. The summed E-state index contributed by atoms with van der Waals surface area (Å²) in [6.07, 6.45) is 4.91. The maximum absolute atomic E-state index is 12.1. The van der Waals surface area contributed by atoms with Gasteiger partial charge in [-0.2, -0.15) is 0 Å². The van der Waals surface area contributed by atoms with Gasteiger partial charge in [-0.05, 0) is 31.0 Å². The van der Waals surface area contributed by atoms with Gasteiger partial charge in [0.2, 0.25) is 0 Å². The van der Waals surface area contributed by atoms with Crippen LogP contribution in [0.3, 0.4) is 0 Å². The highest BCUT2D eigenvalue weighted by Crippen LogP contribution is 2.20. The van der Waals surface area contributed by atoms with Gasteiger partial charge in [0.05, 0.1) is 11.6 Å². The van der Waals surface area contributed by atoms with Gasteiger partial charge in [-0.3, -0.25) is 4.79 Å². The van der Waals surface area contributed by atoms with Crippen LogP contribution in [0, 0.1) is 11.8 Å². The number of hydrogen-bond acceptors (Lipinski definition) is 2. The number of hydrogen-bond donors (Lipinski definition) is 2. The van der Waals surface area contributed by atoms with Crippen LogP contribution in [0.25, 0.3) is 0 Å². The number of carbonyl (C=O) groups is 1. The Hall–Kier alpha value is -1.50. The summed E-state index contributed by atoms with van der Waals surface area (Å²) in [7, 11) is 0. The van der Waals surface area contributed by atoms with Crippen LogP contribution in [-0.4, -0.2) is 23.7 Å². The molecule has 0 aromatic heterocycles. The zero-order chi connectivity index (χ0) is 14.4. The minimum absolute atomic E-state index is 0.0342. The summed E-state index contributed by atoms with van der Waals surface area (Å²) in [5.41, 5.74) is 1.24. The predicted molar refractivity (Wildman–Crippen MR) is 79.8 cm³/mol. The highest BCUT2D eigenvalue weighted by Gasteiger charge is 2.18. The topological polar surface area (TPSA) is 49.3 Å². The number of carbonyl (C=O) groups excluding carboxylic acids is 1. The molecule has 1 fully saturated rings. The average Bonchev–Trinajstić information content (AvgIpc) is 2.93. The highest BCUT2D eigenvalue weighted by molar-refractivity contribution is 6.32. The van der Waals surface area contributed by atoms with Crippen molar-refractivity contribution in [2.24, 2.45) is 0 Å². The van der Waals surface area contributed by atoms with E-state index in [1.54, 1.807) is 18.2 Å². The number of nitrogens with one attached hydrogen (secondary N) is 1. The van der Waals surface area contributed by atoms with E-state index in [1.807, 2.05) is 0 Å². The molecule has 0 aliphatic heterocycles. The van der Waals surface area contributed by atoms with Crippen molar-refractivity contribution < 1.29 is 9.90 Å². The fourth-order valence-electron chi connectivity index (χ4n) is 2.31. The maximum Gasteiger partial charge on any atom is 0.251 e. The normalized spacial score (nSPS) is 14.7. The van der Waals surface area contributed by atoms with Crippen molar-refractivity contribution in [2.45, 2.75) is 38.1 Å². The second-order valence-corrected chi connectivity index (χ2v) is 5.33. The lowest BCUT2D eigenvalue weighted by Gasteiger charge is -2.12. The van der Waals surface area contributed by atoms with Crippen molar-refractivity contribution in [1.82, 2.24) is 5.32 Å². The van der Waals surface area contributed by atoms with Crippen LogP contribution in [0.15, 0.2) is 18.2 Å². The second kappa shape index (κ2) is 7.33. The molecule has 0 radical (unpaired) electrons. The Labute approximate surface area is 124 Å². The van der Waals surface area contributed by atoms with E-state index < -0.39 is 0 Å². The Bertz CT molecular complexity index is 539. The van der Waals surface area contributed by atoms with Crippen LogP contribution < -0.4 is 5.32 Å². The van der Waals surface area contributed by atoms with Gasteiger partial charge < -0.3 is 10.4 Å². The molecule has 20 heavy (non-hydrogen) atoms. The van der Waals surface area contributed by atoms with Gasteiger partial charge in [0.1, 0.15) is 0 Å². The smallest absolute Gasteiger partial charge is 0.251 e. The predicted octanol–water partition coefficient (Wildman–Crippen LogP) is 2.75. The third kappa shape index (κ3) is 4.00. The fraction of sp³-hybridized carbons (Fsp3) is 0.438. The molecule has 1 aliphatic rings. The van der Waals surface area contributed by atoms with Crippen molar-refractivity contribution in [3.63, 3.8) is 0 Å². The van der Waals surface area contributed by atoms with Gasteiger partial charge in [0, 0.05) is 23.6 Å². The van der Waals surface area contributed by atoms with E-state index >= 15 is 0 Å². The summed E-state index contributed by atoms with van der Waals surface area (Å²) in [5, 5.41) is 12.2. The molecule has 0 unspecified atom stereocenters. The zero-order valence-electron chi connectivity index (χ0n) is 11.3. The van der Waals surface area contributed by atoms with Crippen LogP contribution in [0.2, 0.25) is 5.02 Å². The highest BCUT2D eigenvalue weighted by atomic mass is 35.5. The molecule has 0 atom stereocenters. The van der Waals surface area contributed by atoms with Gasteiger partial charge in [0.25, 0.3) is 5.91 Å². The van der Waals surface area contributed by atoms with Gasteiger partial charge in [-0.1, -0.05) is 36.3 Å². The van der Waals surface area contributed by atoms with E-state index in [9.17, 15) is 4.79 Å². The van der Waals surface area contributed by atoms with E-state index in [0.717, 1.165) is 12.8 Å². The Morgan fingerprint density at radius 3 is 2.80 bits per heavy atom. The van der Waals surface area contributed by atoms with Crippen molar-refractivity contribution in [3.8, 4) is 11.8 Å². The van der Waals surface area contributed by atoms with Gasteiger partial charge in [0.15, 0.2) is 0 Å². The fourth-order valence-corrected chi connectivity index (χ4v) is 2.54. The minimum Gasteiger partial charge on any atom is -0.395 e. The quantitative estimate of drug-likeness (QED) is 0.841. The number of aliphatic hydroxyl groups excluding tert-OH is 1. The first-order valence-corrected chi connectivity index (χ1v) is 7.28. The van der Waals surface area contributed by atoms with Crippen LogP contribution in [0.4, 0.5) is 0 Å². The SMILES string of the molecule is O=C(NC1CCCC1)c1ccc(C#CCCO)c(Cl)c1. The summed E-state index contributed by atoms with van der Waals surface area (Å²) >= 11 is 6.12. The molecule has 0 spiro atoms. The third-order valence-corrected chi connectivity index (χ3v) is 3.69. The van der Waals surface area contributed by atoms with Crippen LogP contribution in [0.1, 0.15) is 48.0 Å². The van der Waals surface area contributed by atoms with Crippen molar-refractivity contribution in [1.29, 1.82) is 0 Å². The number of benzene rings is 1. The summed E-state index contributed by atoms with van der Waals surface area (Å²) in [4.78, 5) is 12.1. The molecule has 0 bridgehead atoms. The van der Waals surface area contributed by atoms with E-state index in [4.69, 9.17) is 16.7 Å². The summed E-state index contributed by atoms with van der Waals surface area (Å²) in [5.74, 6) is 5.62. The number of rotatable bonds is 3. The lowest BCUT2D eigenvalue weighted by molar-refractivity contribution is 0.0938. The van der Waals surface area contributed by atoms with Gasteiger partial charge >= 0.3 is 0 Å². The summed E-state index contributed by atoms with van der Waals surface area (Å²) < 4.78 is 0. The van der Waals surface area contributed by atoms with Crippen molar-refractivity contribution in [3.05, 3.63) is 34.3 Å². The Morgan fingerprint density at radius 1 is 1.40 bits per heavy atom. The molecule has 2 rings (SSSR count). The lowest BCUT2D eigenvalue weighted by Crippen LogP contribution is -2.32. The Morgan fingerprint density at radius 2 is 2.15 bits per heavy atom. The molecule has 1 aliphatic carbocycles. The first-order valence-electron chi connectivity index (χ1n) is 6.91. The molecular formula is C16H18ClNO2. The number of halogens is 1. The molecule has 1 aromatic rings. The standard InChI is InChI=1S/C16H18ClNO2/c17-15-11-13(9-8-12(15)5-3-4-10-19)16(20)18-14-6-1-2-7-14/h8-9,11,14,19H,1-2,4,6-7,10H2,(H,18,20). The molecular weight excluding hydrogens is 274 g/mol. The molecule has 3 nitrogen and oxygen atoms in total. The van der Waals surface area contributed by atoms with Crippen molar-refractivity contribution >= 4 is 17.5 Å². The Balaban J connectivity index is 2.04. The first-order chi connectivity index (χ1) is 9.70. The maximum atomic E-state index is 12.1. The molecule has 1 saturated carbocycles. The summed E-state index contributed by atoms with van der Waals surface area (Å²) in [6, 6.07) is 5.43. The van der Waals surface area contributed by atoms with E-state index in [-0.39, 0.29) is 12.5 Å². The van der Waals surface area contributed by atoms with Crippen LogP contribution >= 0.6 is 11.6 Å². The lowest BCUT2D eigenvalue weighted by atomic mass is 10.1. The summed E-state index contributed by atoms with van der Waals surface area (Å²) in [6.45, 7) is 0.0342. The number of aliphatic hydroxyl groups is 1. The van der Waals surface area contributed by atoms with E-state index in [1.165, 1.54) is 12.8 Å². The zero-order valence-corrected chi connectivity index (χ0v) is 12.0. The molecule has 2 N–H and O–H groups in total. The second-order valence-electron chi connectivity index (χ2n) is 4.92. The molecule has 1 amide bonds. The number of amides is 1. The largest absolute Gasteiger partial charge is 0.395 e. The van der Waals surface area contributed by atoms with Gasteiger partial charge in [-0.25, -0.2) is 0 Å². The molecule has 106 valence electrons.